The van der Waals surface area contributed by atoms with Gasteiger partial charge >= 0.3 is 5.97 Å². The second-order valence-electron chi connectivity index (χ2n) is 6.34. The monoisotopic (exact) mass is 338 g/mol. The maximum atomic E-state index is 12.4. The maximum Gasteiger partial charge on any atom is 0.335 e. The fourth-order valence-electron chi connectivity index (χ4n) is 3.41. The molecule has 25 heavy (non-hydrogen) atoms. The Hall–Kier alpha value is -2.82. The molecule has 0 aromatic heterocycles. The summed E-state index contributed by atoms with van der Waals surface area (Å²) >= 11 is 0. The standard InChI is InChI=1S/C20H22N2O3/c1-3-19(23)22-13(2)12-17(16-6-4-5-7-18(16)22)21-15-10-8-14(9-11-15)20(24)25/h4-11,13,17,21H,3,12H2,1-2H3,(H,24,25)/t13-,17+/m0/s1. The highest BCUT2D eigenvalue weighted by Crippen LogP contribution is 2.39. The Morgan fingerprint density at radius 2 is 1.84 bits per heavy atom. The van der Waals surface area contributed by atoms with Crippen molar-refractivity contribution in [3.05, 3.63) is 59.7 Å². The highest BCUT2D eigenvalue weighted by Gasteiger charge is 2.32. The number of nitrogens with one attached hydrogen (secondary N) is 1. The number of carboxylic acids is 1. The topological polar surface area (TPSA) is 69.6 Å². The number of hydrogen-bond acceptors (Lipinski definition) is 3. The molecule has 2 atom stereocenters. The fourth-order valence-corrected chi connectivity index (χ4v) is 3.41. The molecule has 1 amide bonds. The maximum absolute atomic E-state index is 12.4. The van der Waals surface area contributed by atoms with Gasteiger partial charge in [-0.25, -0.2) is 4.79 Å². The van der Waals surface area contributed by atoms with Crippen LogP contribution >= 0.6 is 0 Å². The molecule has 0 bridgehead atoms. The van der Waals surface area contributed by atoms with Gasteiger partial charge in [0.2, 0.25) is 5.91 Å². The van der Waals surface area contributed by atoms with E-state index in [1.807, 2.05) is 36.1 Å². The van der Waals surface area contributed by atoms with Gasteiger partial charge in [0, 0.05) is 23.8 Å². The van der Waals surface area contributed by atoms with Crippen LogP contribution < -0.4 is 10.2 Å². The minimum Gasteiger partial charge on any atom is -0.478 e. The zero-order chi connectivity index (χ0) is 18.0. The van der Waals surface area contributed by atoms with E-state index in [4.69, 9.17) is 5.11 Å². The van der Waals surface area contributed by atoms with Crippen molar-refractivity contribution in [3.63, 3.8) is 0 Å². The Balaban J connectivity index is 1.89. The number of benzene rings is 2. The van der Waals surface area contributed by atoms with Crippen LogP contribution in [0.5, 0.6) is 0 Å². The van der Waals surface area contributed by atoms with Crippen LogP contribution in [0.1, 0.15) is 48.7 Å². The van der Waals surface area contributed by atoms with Gasteiger partial charge < -0.3 is 15.3 Å². The molecule has 0 unspecified atom stereocenters. The molecule has 2 N–H and O–H groups in total. The second kappa shape index (κ2) is 6.97. The van der Waals surface area contributed by atoms with Gasteiger partial charge in [0.15, 0.2) is 0 Å². The minimum atomic E-state index is -0.933. The Bertz CT molecular complexity index is 786. The van der Waals surface area contributed by atoms with Crippen LogP contribution in [0, 0.1) is 0 Å². The fraction of sp³-hybridized carbons (Fsp3) is 0.300. The first-order valence-electron chi connectivity index (χ1n) is 8.52. The SMILES string of the molecule is CCC(=O)N1c2ccccc2[C@H](Nc2ccc(C(=O)O)cc2)C[C@@H]1C. The molecule has 5 nitrogen and oxygen atoms in total. The van der Waals surface area contributed by atoms with Gasteiger partial charge in [-0.3, -0.25) is 4.79 Å². The van der Waals surface area contributed by atoms with Crippen LogP contribution in [-0.2, 0) is 4.79 Å². The quantitative estimate of drug-likeness (QED) is 0.881. The number of aromatic carboxylic acids is 1. The summed E-state index contributed by atoms with van der Waals surface area (Å²) in [7, 11) is 0. The Morgan fingerprint density at radius 3 is 2.48 bits per heavy atom. The lowest BCUT2D eigenvalue weighted by atomic mass is 9.91. The summed E-state index contributed by atoms with van der Waals surface area (Å²) in [5.74, 6) is -0.805. The normalized spacial score (nSPS) is 19.2. The van der Waals surface area contributed by atoms with Crippen LogP contribution in [0.4, 0.5) is 11.4 Å². The van der Waals surface area contributed by atoms with E-state index >= 15 is 0 Å². The Kier molecular flexibility index (Phi) is 4.74. The molecule has 0 radical (unpaired) electrons. The van der Waals surface area contributed by atoms with Crippen LogP contribution in [-0.4, -0.2) is 23.0 Å². The van der Waals surface area contributed by atoms with E-state index in [2.05, 4.69) is 12.2 Å². The largest absolute Gasteiger partial charge is 0.478 e. The third kappa shape index (κ3) is 3.36. The van der Waals surface area contributed by atoms with Gasteiger partial charge in [0.05, 0.1) is 11.6 Å². The Labute approximate surface area is 147 Å². The van der Waals surface area contributed by atoms with E-state index in [-0.39, 0.29) is 23.6 Å². The van der Waals surface area contributed by atoms with E-state index in [1.165, 1.54) is 0 Å². The smallest absolute Gasteiger partial charge is 0.335 e. The molecule has 1 aliphatic rings. The molecule has 2 aromatic rings. The first-order chi connectivity index (χ1) is 12.0. The van der Waals surface area contributed by atoms with Gasteiger partial charge in [-0.05, 0) is 49.2 Å². The number of amides is 1. The third-order valence-corrected chi connectivity index (χ3v) is 4.63. The number of carbonyl (C=O) groups is 2. The lowest BCUT2D eigenvalue weighted by Crippen LogP contribution is -2.44. The third-order valence-electron chi connectivity index (χ3n) is 4.63. The summed E-state index contributed by atoms with van der Waals surface area (Å²) in [6.45, 7) is 3.94. The molecule has 1 heterocycles. The number of carboxylic acid groups (broad SMARTS) is 1. The van der Waals surface area contributed by atoms with E-state index in [1.54, 1.807) is 24.3 Å². The lowest BCUT2D eigenvalue weighted by molar-refractivity contribution is -0.118. The minimum absolute atomic E-state index is 0.0720. The van der Waals surface area contributed by atoms with E-state index in [9.17, 15) is 9.59 Å². The molecule has 0 aliphatic carbocycles. The summed E-state index contributed by atoms with van der Waals surface area (Å²) in [5, 5.41) is 12.5. The van der Waals surface area contributed by atoms with Crippen LogP contribution in [0.15, 0.2) is 48.5 Å². The number of nitrogens with zero attached hydrogens (tertiary/aromatic N) is 1. The number of carbonyl (C=O) groups excluding carboxylic acids is 1. The predicted molar refractivity (Wildman–Crippen MR) is 98.1 cm³/mol. The van der Waals surface area contributed by atoms with Crippen molar-refractivity contribution in [1.29, 1.82) is 0 Å². The summed E-state index contributed by atoms with van der Waals surface area (Å²) < 4.78 is 0. The molecular formula is C20H22N2O3. The van der Waals surface area contributed by atoms with Crippen molar-refractivity contribution in [1.82, 2.24) is 0 Å². The van der Waals surface area contributed by atoms with E-state index < -0.39 is 5.97 Å². The molecule has 0 fully saturated rings. The van der Waals surface area contributed by atoms with Crippen molar-refractivity contribution < 1.29 is 14.7 Å². The van der Waals surface area contributed by atoms with E-state index in [0.29, 0.717) is 6.42 Å². The summed E-state index contributed by atoms with van der Waals surface area (Å²) in [4.78, 5) is 25.2. The average molecular weight is 338 g/mol. The summed E-state index contributed by atoms with van der Waals surface area (Å²) in [6, 6.07) is 14.9. The van der Waals surface area contributed by atoms with Crippen molar-refractivity contribution in [2.75, 3.05) is 10.2 Å². The number of anilines is 2. The molecule has 2 aromatic carbocycles. The van der Waals surface area contributed by atoms with Crippen LogP contribution in [0.2, 0.25) is 0 Å². The van der Waals surface area contributed by atoms with Crippen molar-refractivity contribution in [2.45, 2.75) is 38.8 Å². The lowest BCUT2D eigenvalue weighted by Gasteiger charge is -2.40. The van der Waals surface area contributed by atoms with Gasteiger partial charge in [0.25, 0.3) is 0 Å². The van der Waals surface area contributed by atoms with Crippen molar-refractivity contribution >= 4 is 23.3 Å². The summed E-state index contributed by atoms with van der Waals surface area (Å²) in [6.07, 6.45) is 1.27. The van der Waals surface area contributed by atoms with Gasteiger partial charge in [0.1, 0.15) is 0 Å². The van der Waals surface area contributed by atoms with Crippen LogP contribution in [0.25, 0.3) is 0 Å². The number of para-hydroxylation sites is 1. The van der Waals surface area contributed by atoms with Gasteiger partial charge in [-0.15, -0.1) is 0 Å². The number of rotatable bonds is 4. The average Bonchev–Trinajstić information content (AvgIpc) is 2.62. The molecular weight excluding hydrogens is 316 g/mol. The molecule has 3 rings (SSSR count). The highest BCUT2D eigenvalue weighted by atomic mass is 16.4. The number of hydrogen-bond donors (Lipinski definition) is 2. The Morgan fingerprint density at radius 1 is 1.16 bits per heavy atom. The molecule has 0 spiro atoms. The van der Waals surface area contributed by atoms with Crippen molar-refractivity contribution in [3.8, 4) is 0 Å². The number of fused-ring (bicyclic) bond motifs is 1. The molecule has 0 saturated carbocycles. The van der Waals surface area contributed by atoms with Crippen molar-refractivity contribution in [2.24, 2.45) is 0 Å². The molecule has 5 heteroatoms. The van der Waals surface area contributed by atoms with Crippen LogP contribution in [0.3, 0.4) is 0 Å². The predicted octanol–water partition coefficient (Wildman–Crippen LogP) is 4.07. The molecule has 0 saturated heterocycles. The summed E-state index contributed by atoms with van der Waals surface area (Å²) in [5.41, 5.74) is 3.17. The first-order valence-corrected chi connectivity index (χ1v) is 8.52. The highest BCUT2D eigenvalue weighted by molar-refractivity contribution is 5.95. The molecule has 130 valence electrons. The second-order valence-corrected chi connectivity index (χ2v) is 6.34. The van der Waals surface area contributed by atoms with Gasteiger partial charge in [-0.2, -0.15) is 0 Å². The van der Waals surface area contributed by atoms with E-state index in [0.717, 1.165) is 23.4 Å². The molecule has 1 aliphatic heterocycles. The zero-order valence-electron chi connectivity index (χ0n) is 14.4. The van der Waals surface area contributed by atoms with Gasteiger partial charge in [-0.1, -0.05) is 25.1 Å². The zero-order valence-corrected chi connectivity index (χ0v) is 14.4. The first kappa shape index (κ1) is 17.0.